The van der Waals surface area contributed by atoms with Crippen molar-refractivity contribution in [1.29, 1.82) is 0 Å². The molecule has 0 radical (unpaired) electrons. The summed E-state index contributed by atoms with van der Waals surface area (Å²) < 4.78 is 0. The first kappa shape index (κ1) is 11.0. The number of carboxylic acids is 2. The van der Waals surface area contributed by atoms with Crippen LogP contribution in [0, 0.1) is 0 Å². The molecule has 0 aliphatic heterocycles. The molecule has 0 N–H and O–H groups in total. The van der Waals surface area contributed by atoms with Gasteiger partial charge in [0.05, 0.1) is 5.97 Å². The summed E-state index contributed by atoms with van der Waals surface area (Å²) in [6.07, 6.45) is 0.600. The Morgan fingerprint density at radius 2 is 1.73 bits per heavy atom. The molecular formula is C11H8O4-2. The van der Waals surface area contributed by atoms with Crippen molar-refractivity contribution in [2.45, 2.75) is 6.42 Å². The number of carbonyl (C=O) groups is 2. The molecule has 78 valence electrons. The fourth-order valence-electron chi connectivity index (χ4n) is 1.09. The van der Waals surface area contributed by atoms with E-state index in [1.165, 1.54) is 6.08 Å². The van der Waals surface area contributed by atoms with E-state index >= 15 is 0 Å². The van der Waals surface area contributed by atoms with Crippen molar-refractivity contribution in [3.63, 3.8) is 0 Å². The van der Waals surface area contributed by atoms with E-state index in [2.05, 4.69) is 0 Å². The normalized spacial score (nSPS) is 11.1. The summed E-state index contributed by atoms with van der Waals surface area (Å²) in [6, 6.07) is 8.54. The van der Waals surface area contributed by atoms with E-state index < -0.39 is 18.4 Å². The molecule has 0 aliphatic rings. The number of carbonyl (C=O) groups excluding carboxylic acids is 2. The van der Waals surface area contributed by atoms with Crippen molar-refractivity contribution in [3.8, 4) is 0 Å². The predicted molar refractivity (Wildman–Crippen MR) is 49.1 cm³/mol. The van der Waals surface area contributed by atoms with Gasteiger partial charge in [-0.25, -0.2) is 0 Å². The lowest BCUT2D eigenvalue weighted by Crippen LogP contribution is -2.30. The fraction of sp³-hybridized carbons (Fsp3) is 0.0909. The van der Waals surface area contributed by atoms with E-state index in [1.807, 2.05) is 0 Å². The van der Waals surface area contributed by atoms with E-state index in [0.717, 1.165) is 0 Å². The van der Waals surface area contributed by atoms with Crippen LogP contribution >= 0.6 is 0 Å². The smallest absolute Gasteiger partial charge is 0.0678 e. The Kier molecular flexibility index (Phi) is 3.62. The highest BCUT2D eigenvalue weighted by atomic mass is 16.4. The van der Waals surface area contributed by atoms with Crippen LogP contribution in [0.25, 0.3) is 6.08 Å². The van der Waals surface area contributed by atoms with Gasteiger partial charge in [0.25, 0.3) is 0 Å². The summed E-state index contributed by atoms with van der Waals surface area (Å²) in [7, 11) is 0. The molecule has 0 amide bonds. The summed E-state index contributed by atoms with van der Waals surface area (Å²) in [5.41, 5.74) is 0.305. The minimum Gasteiger partial charge on any atom is -0.550 e. The SMILES string of the molecule is O=C([O-])C/C(=C\c1ccccc1)C(=O)[O-]. The molecular weight excluding hydrogens is 196 g/mol. The van der Waals surface area contributed by atoms with Gasteiger partial charge in [0.2, 0.25) is 0 Å². The standard InChI is InChI=1S/C11H10O4/c12-10(13)7-9(11(14)15)6-8-4-2-1-3-5-8/h1-6H,7H2,(H,12,13)(H,14,15)/p-2/b9-6+. The van der Waals surface area contributed by atoms with Crippen LogP contribution in [0.3, 0.4) is 0 Å². The van der Waals surface area contributed by atoms with Gasteiger partial charge in [0.1, 0.15) is 0 Å². The maximum Gasteiger partial charge on any atom is 0.0678 e. The zero-order chi connectivity index (χ0) is 11.3. The number of benzene rings is 1. The Morgan fingerprint density at radius 1 is 1.13 bits per heavy atom. The van der Waals surface area contributed by atoms with Crippen LogP contribution in [-0.4, -0.2) is 11.9 Å². The number of rotatable bonds is 4. The van der Waals surface area contributed by atoms with Gasteiger partial charge in [-0.05, 0) is 17.2 Å². The molecule has 0 heterocycles. The van der Waals surface area contributed by atoms with E-state index in [4.69, 9.17) is 0 Å². The highest BCUT2D eigenvalue weighted by Crippen LogP contribution is 2.08. The molecule has 0 fully saturated rings. The van der Waals surface area contributed by atoms with Crippen molar-refractivity contribution in [3.05, 3.63) is 41.5 Å². The Bertz CT molecular complexity index is 392. The van der Waals surface area contributed by atoms with Gasteiger partial charge >= 0.3 is 0 Å². The quantitative estimate of drug-likeness (QED) is 0.587. The number of hydrogen-bond donors (Lipinski definition) is 0. The third-order valence-electron chi connectivity index (χ3n) is 1.74. The molecule has 0 aliphatic carbocycles. The van der Waals surface area contributed by atoms with Gasteiger partial charge in [0, 0.05) is 12.4 Å². The van der Waals surface area contributed by atoms with Crippen LogP contribution in [0.1, 0.15) is 12.0 Å². The van der Waals surface area contributed by atoms with Crippen LogP contribution in [0.2, 0.25) is 0 Å². The Morgan fingerprint density at radius 3 is 2.20 bits per heavy atom. The zero-order valence-corrected chi connectivity index (χ0v) is 7.80. The number of aliphatic carboxylic acids is 2. The van der Waals surface area contributed by atoms with Gasteiger partial charge in [-0.3, -0.25) is 0 Å². The highest BCUT2D eigenvalue weighted by molar-refractivity contribution is 5.95. The molecule has 1 aromatic carbocycles. The Labute approximate surface area is 86.5 Å². The summed E-state index contributed by atoms with van der Waals surface area (Å²) >= 11 is 0. The summed E-state index contributed by atoms with van der Waals surface area (Å²) in [5, 5.41) is 20.8. The van der Waals surface area contributed by atoms with E-state index in [1.54, 1.807) is 30.3 Å². The lowest BCUT2D eigenvalue weighted by Gasteiger charge is -2.09. The third-order valence-corrected chi connectivity index (χ3v) is 1.74. The fourth-order valence-corrected chi connectivity index (χ4v) is 1.09. The van der Waals surface area contributed by atoms with Gasteiger partial charge in [-0.1, -0.05) is 30.3 Å². The molecule has 0 bridgehead atoms. The van der Waals surface area contributed by atoms with E-state index in [0.29, 0.717) is 5.56 Å². The van der Waals surface area contributed by atoms with Crippen molar-refractivity contribution >= 4 is 18.0 Å². The molecule has 0 atom stereocenters. The average Bonchev–Trinajstić information content (AvgIpc) is 2.17. The van der Waals surface area contributed by atoms with E-state index in [-0.39, 0.29) is 5.57 Å². The van der Waals surface area contributed by atoms with Crippen LogP contribution in [0.4, 0.5) is 0 Å². The monoisotopic (exact) mass is 204 g/mol. The molecule has 4 heteroatoms. The molecule has 1 rings (SSSR count). The largest absolute Gasteiger partial charge is 0.550 e. The van der Waals surface area contributed by atoms with Gasteiger partial charge in [-0.2, -0.15) is 0 Å². The van der Waals surface area contributed by atoms with Gasteiger partial charge in [-0.15, -0.1) is 0 Å². The molecule has 0 spiro atoms. The van der Waals surface area contributed by atoms with Crippen LogP contribution in [0.5, 0.6) is 0 Å². The second kappa shape index (κ2) is 4.95. The zero-order valence-electron chi connectivity index (χ0n) is 7.80. The topological polar surface area (TPSA) is 80.3 Å². The molecule has 0 saturated heterocycles. The van der Waals surface area contributed by atoms with Crippen LogP contribution in [-0.2, 0) is 9.59 Å². The van der Waals surface area contributed by atoms with Crippen molar-refractivity contribution in [2.75, 3.05) is 0 Å². The van der Waals surface area contributed by atoms with Crippen molar-refractivity contribution < 1.29 is 19.8 Å². The lowest BCUT2D eigenvalue weighted by atomic mass is 10.1. The molecule has 0 aromatic heterocycles. The maximum absolute atomic E-state index is 10.6. The second-order valence-corrected chi connectivity index (χ2v) is 2.92. The minimum absolute atomic E-state index is 0.304. The lowest BCUT2D eigenvalue weighted by molar-refractivity contribution is -0.309. The van der Waals surface area contributed by atoms with Crippen molar-refractivity contribution in [2.24, 2.45) is 0 Å². The first-order chi connectivity index (χ1) is 7.09. The van der Waals surface area contributed by atoms with Crippen LogP contribution < -0.4 is 10.2 Å². The van der Waals surface area contributed by atoms with Crippen LogP contribution in [0.15, 0.2) is 35.9 Å². The molecule has 1 aromatic rings. The molecule has 0 unspecified atom stereocenters. The highest BCUT2D eigenvalue weighted by Gasteiger charge is 1.99. The maximum atomic E-state index is 10.6. The average molecular weight is 204 g/mol. The summed E-state index contributed by atoms with van der Waals surface area (Å²) in [4.78, 5) is 20.8. The van der Waals surface area contributed by atoms with Gasteiger partial charge < -0.3 is 19.8 Å². The minimum atomic E-state index is -1.50. The summed E-state index contributed by atoms with van der Waals surface area (Å²) in [6.45, 7) is 0. The van der Waals surface area contributed by atoms with E-state index in [9.17, 15) is 19.8 Å². The number of carboxylic acid groups (broad SMARTS) is 2. The summed E-state index contributed by atoms with van der Waals surface area (Å²) in [5.74, 6) is -2.94. The molecule has 4 nitrogen and oxygen atoms in total. The van der Waals surface area contributed by atoms with Crippen molar-refractivity contribution in [1.82, 2.24) is 0 Å². The molecule has 0 saturated carbocycles. The first-order valence-electron chi connectivity index (χ1n) is 4.26. The third kappa shape index (κ3) is 3.64. The first-order valence-corrected chi connectivity index (χ1v) is 4.26. The Hall–Kier alpha value is -2.10. The number of hydrogen-bond acceptors (Lipinski definition) is 4. The molecule has 15 heavy (non-hydrogen) atoms. The van der Waals surface area contributed by atoms with Gasteiger partial charge in [0.15, 0.2) is 0 Å². The predicted octanol–water partition coefficient (Wildman–Crippen LogP) is -1.04. The Balaban J connectivity index is 2.94. The second-order valence-electron chi connectivity index (χ2n) is 2.92.